The van der Waals surface area contributed by atoms with Gasteiger partial charge in [0.1, 0.15) is 5.82 Å². The van der Waals surface area contributed by atoms with E-state index in [1.165, 1.54) is 28.6 Å². The van der Waals surface area contributed by atoms with Crippen molar-refractivity contribution in [2.75, 3.05) is 32.1 Å². The van der Waals surface area contributed by atoms with Gasteiger partial charge in [0.25, 0.3) is 0 Å². The monoisotopic (exact) mass is 344 g/mol. The fourth-order valence-electron chi connectivity index (χ4n) is 2.41. The number of morpholine rings is 1. The summed E-state index contributed by atoms with van der Waals surface area (Å²) >= 11 is 0. The van der Waals surface area contributed by atoms with Gasteiger partial charge in [-0.3, -0.25) is 4.79 Å². The van der Waals surface area contributed by atoms with Gasteiger partial charge in [-0.05, 0) is 24.6 Å². The molecule has 1 atom stereocenters. The van der Waals surface area contributed by atoms with Gasteiger partial charge in [-0.15, -0.1) is 0 Å². The molecule has 1 aromatic rings. The number of rotatable bonds is 6. The number of sulfonamides is 1. The van der Waals surface area contributed by atoms with Crippen LogP contribution in [0.5, 0.6) is 0 Å². The van der Waals surface area contributed by atoms with Crippen LogP contribution in [-0.4, -0.2) is 56.7 Å². The van der Waals surface area contributed by atoms with Gasteiger partial charge in [-0.25, -0.2) is 12.8 Å². The third-order valence-corrected chi connectivity index (χ3v) is 5.60. The van der Waals surface area contributed by atoms with Crippen LogP contribution in [0, 0.1) is 5.82 Å². The molecule has 1 N–H and O–H groups in total. The second-order valence-corrected chi connectivity index (χ2v) is 7.54. The van der Waals surface area contributed by atoms with Crippen molar-refractivity contribution in [3.05, 3.63) is 35.6 Å². The standard InChI is InChI=1S/C15H21FN2O4S/c1-12-11-22-8-7-18(12)23(20,21)9-6-17-15(19)10-13-2-4-14(16)5-3-13/h2-5,12H,6-11H2,1H3,(H,17,19). The van der Waals surface area contributed by atoms with E-state index in [0.717, 1.165) is 0 Å². The van der Waals surface area contributed by atoms with Crippen LogP contribution in [0.25, 0.3) is 0 Å². The number of nitrogens with zero attached hydrogens (tertiary/aromatic N) is 1. The predicted molar refractivity (Wildman–Crippen MR) is 83.9 cm³/mol. The molecule has 1 aliphatic heterocycles. The molecule has 1 unspecified atom stereocenters. The van der Waals surface area contributed by atoms with Crippen molar-refractivity contribution in [1.29, 1.82) is 0 Å². The van der Waals surface area contributed by atoms with E-state index in [2.05, 4.69) is 5.32 Å². The SMILES string of the molecule is CC1COCCN1S(=O)(=O)CCNC(=O)Cc1ccc(F)cc1. The van der Waals surface area contributed by atoms with Gasteiger partial charge in [0.15, 0.2) is 0 Å². The smallest absolute Gasteiger partial charge is 0.224 e. The first-order chi connectivity index (χ1) is 10.9. The lowest BCUT2D eigenvalue weighted by Crippen LogP contribution is -2.49. The molecule has 1 heterocycles. The summed E-state index contributed by atoms with van der Waals surface area (Å²) in [6, 6.07) is 5.44. The van der Waals surface area contributed by atoms with E-state index >= 15 is 0 Å². The summed E-state index contributed by atoms with van der Waals surface area (Å²) in [5.74, 6) is -0.798. The first kappa shape index (κ1) is 17.8. The second-order valence-electron chi connectivity index (χ2n) is 5.50. The van der Waals surface area contributed by atoms with Crippen molar-refractivity contribution in [2.45, 2.75) is 19.4 Å². The van der Waals surface area contributed by atoms with E-state index in [1.807, 2.05) is 0 Å². The van der Waals surface area contributed by atoms with Crippen molar-refractivity contribution in [1.82, 2.24) is 9.62 Å². The molecule has 1 saturated heterocycles. The van der Waals surface area contributed by atoms with Crippen LogP contribution in [0.2, 0.25) is 0 Å². The number of hydrogen-bond donors (Lipinski definition) is 1. The maximum atomic E-state index is 12.8. The van der Waals surface area contributed by atoms with Gasteiger partial charge in [0.2, 0.25) is 15.9 Å². The summed E-state index contributed by atoms with van der Waals surface area (Å²) in [4.78, 5) is 11.8. The molecular weight excluding hydrogens is 323 g/mol. The normalized spacial score (nSPS) is 19.5. The number of carbonyl (C=O) groups is 1. The number of halogens is 1. The van der Waals surface area contributed by atoms with E-state index < -0.39 is 10.0 Å². The summed E-state index contributed by atoms with van der Waals surface area (Å²) in [7, 11) is -3.42. The number of amides is 1. The molecule has 2 rings (SSSR count). The van der Waals surface area contributed by atoms with Gasteiger partial charge in [0, 0.05) is 19.1 Å². The predicted octanol–water partition coefficient (Wildman–Crippen LogP) is 0.535. The van der Waals surface area contributed by atoms with Crippen molar-refractivity contribution >= 4 is 15.9 Å². The number of nitrogens with one attached hydrogen (secondary N) is 1. The fourth-order valence-corrected chi connectivity index (χ4v) is 3.97. The highest BCUT2D eigenvalue weighted by atomic mass is 32.2. The van der Waals surface area contributed by atoms with Gasteiger partial charge in [-0.1, -0.05) is 12.1 Å². The minimum absolute atomic E-state index is 0.0481. The van der Waals surface area contributed by atoms with Crippen LogP contribution in [0.3, 0.4) is 0 Å². The van der Waals surface area contributed by atoms with E-state index in [-0.39, 0.29) is 36.5 Å². The van der Waals surface area contributed by atoms with Crippen LogP contribution < -0.4 is 5.32 Å². The molecule has 0 spiro atoms. The zero-order valence-electron chi connectivity index (χ0n) is 13.0. The van der Waals surface area contributed by atoms with Gasteiger partial charge in [0.05, 0.1) is 25.4 Å². The largest absolute Gasteiger partial charge is 0.378 e. The summed E-state index contributed by atoms with van der Waals surface area (Å²) in [5, 5.41) is 2.59. The lowest BCUT2D eigenvalue weighted by atomic mass is 10.1. The maximum Gasteiger partial charge on any atom is 0.224 e. The Labute approximate surface area is 135 Å². The number of hydrogen-bond acceptors (Lipinski definition) is 4. The summed E-state index contributed by atoms with van der Waals surface area (Å²) in [6.07, 6.45) is 0.0916. The summed E-state index contributed by atoms with van der Waals surface area (Å²) in [6.45, 7) is 2.96. The molecule has 1 amide bonds. The lowest BCUT2D eigenvalue weighted by molar-refractivity contribution is -0.120. The Balaban J connectivity index is 1.79. The quantitative estimate of drug-likeness (QED) is 0.817. The average Bonchev–Trinajstić information content (AvgIpc) is 2.49. The van der Waals surface area contributed by atoms with Crippen LogP contribution in [0.15, 0.2) is 24.3 Å². The Morgan fingerprint density at radius 2 is 2.09 bits per heavy atom. The van der Waals surface area contributed by atoms with Crippen LogP contribution >= 0.6 is 0 Å². The highest BCUT2D eigenvalue weighted by Gasteiger charge is 2.29. The topological polar surface area (TPSA) is 75.7 Å². The van der Waals surface area contributed by atoms with E-state index in [0.29, 0.717) is 25.3 Å². The molecule has 8 heteroatoms. The number of ether oxygens (including phenoxy) is 1. The number of benzene rings is 1. The van der Waals surface area contributed by atoms with E-state index in [4.69, 9.17) is 4.74 Å². The van der Waals surface area contributed by atoms with Crippen molar-refractivity contribution < 1.29 is 22.3 Å². The third kappa shape index (κ3) is 5.26. The summed E-state index contributed by atoms with van der Waals surface area (Å²) < 4.78 is 43.9. The maximum absolute atomic E-state index is 12.8. The van der Waals surface area contributed by atoms with Gasteiger partial charge < -0.3 is 10.1 Å². The zero-order valence-corrected chi connectivity index (χ0v) is 13.8. The first-order valence-corrected chi connectivity index (χ1v) is 9.08. The molecule has 1 fully saturated rings. The molecule has 0 bridgehead atoms. The molecule has 1 aliphatic rings. The Hall–Kier alpha value is -1.51. The Kier molecular flexibility index (Phi) is 6.09. The van der Waals surface area contributed by atoms with Crippen LogP contribution in [-0.2, 0) is 26.0 Å². The second kappa shape index (κ2) is 7.85. The minimum Gasteiger partial charge on any atom is -0.378 e. The molecule has 23 heavy (non-hydrogen) atoms. The third-order valence-electron chi connectivity index (χ3n) is 3.62. The zero-order chi connectivity index (χ0) is 16.9. The molecule has 0 aliphatic carbocycles. The highest BCUT2D eigenvalue weighted by molar-refractivity contribution is 7.89. The Bertz CT molecular complexity index is 633. The van der Waals surface area contributed by atoms with Crippen molar-refractivity contribution in [3.63, 3.8) is 0 Å². The number of carbonyl (C=O) groups excluding carboxylic acids is 1. The van der Waals surface area contributed by atoms with Gasteiger partial charge >= 0.3 is 0 Å². The van der Waals surface area contributed by atoms with E-state index in [9.17, 15) is 17.6 Å². The Morgan fingerprint density at radius 1 is 1.39 bits per heavy atom. The molecule has 0 saturated carbocycles. The first-order valence-electron chi connectivity index (χ1n) is 7.47. The molecule has 1 aromatic carbocycles. The molecule has 128 valence electrons. The van der Waals surface area contributed by atoms with Crippen molar-refractivity contribution in [3.8, 4) is 0 Å². The minimum atomic E-state index is -3.42. The van der Waals surface area contributed by atoms with E-state index in [1.54, 1.807) is 6.92 Å². The molecule has 6 nitrogen and oxygen atoms in total. The Morgan fingerprint density at radius 3 is 2.74 bits per heavy atom. The molecule has 0 aromatic heterocycles. The average molecular weight is 344 g/mol. The lowest BCUT2D eigenvalue weighted by Gasteiger charge is -2.32. The molecule has 0 radical (unpaired) electrons. The van der Waals surface area contributed by atoms with Crippen LogP contribution in [0.1, 0.15) is 12.5 Å². The molecular formula is C15H21FN2O4S. The van der Waals surface area contributed by atoms with Gasteiger partial charge in [-0.2, -0.15) is 4.31 Å². The highest BCUT2D eigenvalue weighted by Crippen LogP contribution is 2.12. The van der Waals surface area contributed by atoms with Crippen molar-refractivity contribution in [2.24, 2.45) is 0 Å². The van der Waals surface area contributed by atoms with Crippen LogP contribution in [0.4, 0.5) is 4.39 Å². The fraction of sp³-hybridized carbons (Fsp3) is 0.533. The summed E-state index contributed by atoms with van der Waals surface area (Å²) in [5.41, 5.74) is 0.675.